The summed E-state index contributed by atoms with van der Waals surface area (Å²) in [6, 6.07) is 12.1. The summed E-state index contributed by atoms with van der Waals surface area (Å²) in [6.45, 7) is 0. The molecule has 0 unspecified atom stereocenters. The molecule has 0 aliphatic rings. The van der Waals surface area contributed by atoms with Crippen LogP contribution in [-0.4, -0.2) is 41.7 Å². The molecule has 2 amide bonds. The molecule has 0 spiro atoms. The third-order valence-corrected chi connectivity index (χ3v) is 4.57. The number of imidazole rings is 1. The van der Waals surface area contributed by atoms with Crippen LogP contribution >= 0.6 is 0 Å². The van der Waals surface area contributed by atoms with Crippen LogP contribution in [0.3, 0.4) is 0 Å². The van der Waals surface area contributed by atoms with Gasteiger partial charge in [-0.25, -0.2) is 14.8 Å². The second-order valence-electron chi connectivity index (χ2n) is 6.53. The number of fused-ring (bicyclic) bond motifs is 1. The Hall–Kier alpha value is -4.27. The van der Waals surface area contributed by atoms with Crippen LogP contribution in [0, 0.1) is 0 Å². The molecule has 0 saturated heterocycles. The van der Waals surface area contributed by atoms with Gasteiger partial charge in [0.05, 0.1) is 32.7 Å². The van der Waals surface area contributed by atoms with Crippen molar-refractivity contribution in [1.29, 1.82) is 0 Å². The van der Waals surface area contributed by atoms with Crippen LogP contribution in [0.1, 0.15) is 0 Å². The number of aromatic nitrogens is 3. The molecule has 2 aromatic carbocycles. The monoisotopic (exact) mass is 419 g/mol. The lowest BCUT2D eigenvalue weighted by Crippen LogP contribution is -2.19. The van der Waals surface area contributed by atoms with E-state index >= 15 is 0 Å². The van der Waals surface area contributed by atoms with Crippen molar-refractivity contribution in [2.45, 2.75) is 0 Å². The number of hydrogen-bond donors (Lipinski definition) is 2. The topological polar surface area (TPSA) is 99.0 Å². The van der Waals surface area contributed by atoms with Crippen molar-refractivity contribution in [1.82, 2.24) is 14.4 Å². The number of amides is 2. The van der Waals surface area contributed by atoms with Crippen LogP contribution in [0.25, 0.3) is 17.0 Å². The third-order valence-electron chi connectivity index (χ3n) is 4.57. The Balaban J connectivity index is 1.52. The highest BCUT2D eigenvalue weighted by Crippen LogP contribution is 2.40. The van der Waals surface area contributed by atoms with Gasteiger partial charge in [0, 0.05) is 42.0 Å². The van der Waals surface area contributed by atoms with Crippen LogP contribution < -0.4 is 24.8 Å². The number of urea groups is 1. The lowest BCUT2D eigenvalue weighted by atomic mass is 10.1. The molecule has 31 heavy (non-hydrogen) atoms. The van der Waals surface area contributed by atoms with Gasteiger partial charge in [0.1, 0.15) is 0 Å². The van der Waals surface area contributed by atoms with Gasteiger partial charge in [0.15, 0.2) is 11.5 Å². The number of rotatable bonds is 6. The molecule has 0 saturated carbocycles. The van der Waals surface area contributed by atoms with Gasteiger partial charge in [-0.05, 0) is 18.2 Å². The van der Waals surface area contributed by atoms with Crippen molar-refractivity contribution < 1.29 is 19.0 Å². The average molecular weight is 419 g/mol. The molecule has 0 atom stereocenters. The van der Waals surface area contributed by atoms with Crippen LogP contribution in [-0.2, 0) is 0 Å². The minimum absolute atomic E-state index is 0.414. The van der Waals surface area contributed by atoms with E-state index in [1.807, 2.05) is 41.1 Å². The normalized spacial score (nSPS) is 10.5. The van der Waals surface area contributed by atoms with E-state index in [2.05, 4.69) is 20.6 Å². The zero-order valence-corrected chi connectivity index (χ0v) is 17.2. The predicted octanol–water partition coefficient (Wildman–Crippen LogP) is 4.07. The number of ether oxygens (including phenoxy) is 3. The molecule has 0 aliphatic carbocycles. The first kappa shape index (κ1) is 20.0. The van der Waals surface area contributed by atoms with Crippen molar-refractivity contribution >= 4 is 23.2 Å². The van der Waals surface area contributed by atoms with Crippen molar-refractivity contribution in [2.24, 2.45) is 0 Å². The van der Waals surface area contributed by atoms with E-state index < -0.39 is 6.03 Å². The van der Waals surface area contributed by atoms with E-state index in [0.717, 1.165) is 11.3 Å². The summed E-state index contributed by atoms with van der Waals surface area (Å²) < 4.78 is 17.8. The Kier molecular flexibility index (Phi) is 5.57. The fourth-order valence-electron chi connectivity index (χ4n) is 3.17. The Bertz CT molecular complexity index is 1180. The van der Waals surface area contributed by atoms with E-state index in [-0.39, 0.29) is 0 Å². The van der Waals surface area contributed by atoms with Gasteiger partial charge < -0.3 is 24.8 Å². The molecular weight excluding hydrogens is 398 g/mol. The molecule has 0 fully saturated rings. The standard InChI is InChI=1S/C22H21N5O4/c1-29-18-11-16(12-19(30-2)20(18)31-3)25-22(28)24-15-7-4-6-14(10-15)17-13-27-9-5-8-23-21(27)26-17/h4-13H,1-3H3,(H2,24,25,28). The number of benzene rings is 2. The Morgan fingerprint density at radius 1 is 0.935 bits per heavy atom. The minimum Gasteiger partial charge on any atom is -0.493 e. The Morgan fingerprint density at radius 2 is 1.68 bits per heavy atom. The van der Waals surface area contributed by atoms with Crippen molar-refractivity contribution in [3.05, 3.63) is 61.1 Å². The molecule has 0 aliphatic heterocycles. The van der Waals surface area contributed by atoms with Crippen molar-refractivity contribution in [2.75, 3.05) is 32.0 Å². The molecule has 2 N–H and O–H groups in total. The molecule has 9 nitrogen and oxygen atoms in total. The second kappa shape index (κ2) is 8.62. The predicted molar refractivity (Wildman–Crippen MR) is 117 cm³/mol. The van der Waals surface area contributed by atoms with E-state index in [9.17, 15) is 4.79 Å². The molecule has 4 rings (SSSR count). The van der Waals surface area contributed by atoms with E-state index in [1.54, 1.807) is 24.4 Å². The van der Waals surface area contributed by atoms with Crippen LogP contribution in [0.5, 0.6) is 17.2 Å². The lowest BCUT2D eigenvalue weighted by molar-refractivity contribution is 0.262. The molecule has 0 bridgehead atoms. The quantitative estimate of drug-likeness (QED) is 0.489. The number of nitrogens with zero attached hydrogens (tertiary/aromatic N) is 3. The van der Waals surface area contributed by atoms with Gasteiger partial charge in [0.25, 0.3) is 0 Å². The first-order valence-corrected chi connectivity index (χ1v) is 9.39. The van der Waals surface area contributed by atoms with E-state index in [0.29, 0.717) is 34.4 Å². The van der Waals surface area contributed by atoms with E-state index in [1.165, 1.54) is 21.3 Å². The zero-order chi connectivity index (χ0) is 21.8. The van der Waals surface area contributed by atoms with Crippen molar-refractivity contribution in [3.8, 4) is 28.5 Å². The molecule has 9 heteroatoms. The zero-order valence-electron chi connectivity index (χ0n) is 17.2. The van der Waals surface area contributed by atoms with Gasteiger partial charge in [-0.15, -0.1) is 0 Å². The van der Waals surface area contributed by atoms with Gasteiger partial charge in [-0.2, -0.15) is 0 Å². The second-order valence-corrected chi connectivity index (χ2v) is 6.53. The largest absolute Gasteiger partial charge is 0.493 e. The average Bonchev–Trinajstić information content (AvgIpc) is 3.23. The molecule has 4 aromatic rings. The summed E-state index contributed by atoms with van der Waals surface area (Å²) in [4.78, 5) is 21.3. The van der Waals surface area contributed by atoms with Gasteiger partial charge >= 0.3 is 6.03 Å². The highest BCUT2D eigenvalue weighted by molar-refractivity contribution is 6.00. The highest BCUT2D eigenvalue weighted by Gasteiger charge is 2.15. The first-order valence-electron chi connectivity index (χ1n) is 9.39. The number of hydrogen-bond acceptors (Lipinski definition) is 6. The van der Waals surface area contributed by atoms with Gasteiger partial charge in [-0.3, -0.25) is 4.40 Å². The lowest BCUT2D eigenvalue weighted by Gasteiger charge is -2.15. The number of carbonyl (C=O) groups excluding carboxylic acids is 1. The first-order chi connectivity index (χ1) is 15.1. The van der Waals surface area contributed by atoms with Gasteiger partial charge in [0.2, 0.25) is 11.5 Å². The maximum absolute atomic E-state index is 12.6. The summed E-state index contributed by atoms with van der Waals surface area (Å²) in [6.07, 6.45) is 5.46. The maximum atomic E-state index is 12.6. The summed E-state index contributed by atoms with van der Waals surface area (Å²) >= 11 is 0. The smallest absolute Gasteiger partial charge is 0.323 e. The van der Waals surface area contributed by atoms with E-state index in [4.69, 9.17) is 14.2 Å². The molecule has 2 aromatic heterocycles. The van der Waals surface area contributed by atoms with Crippen LogP contribution in [0.4, 0.5) is 16.2 Å². The van der Waals surface area contributed by atoms with Crippen molar-refractivity contribution in [3.63, 3.8) is 0 Å². The number of carbonyl (C=O) groups is 1. The fraction of sp³-hybridized carbons (Fsp3) is 0.136. The fourth-order valence-corrected chi connectivity index (χ4v) is 3.17. The molecule has 2 heterocycles. The summed E-state index contributed by atoms with van der Waals surface area (Å²) in [7, 11) is 4.55. The molecule has 158 valence electrons. The maximum Gasteiger partial charge on any atom is 0.323 e. The Labute approximate surface area is 178 Å². The highest BCUT2D eigenvalue weighted by atomic mass is 16.5. The molecular formula is C22H21N5O4. The SMILES string of the molecule is COc1cc(NC(=O)Nc2cccc(-c3cn4cccnc4n3)c2)cc(OC)c1OC. The Morgan fingerprint density at radius 3 is 2.35 bits per heavy atom. The van der Waals surface area contributed by atoms with Gasteiger partial charge in [-0.1, -0.05) is 12.1 Å². The summed E-state index contributed by atoms with van der Waals surface area (Å²) in [5, 5.41) is 5.60. The molecule has 0 radical (unpaired) electrons. The summed E-state index contributed by atoms with van der Waals surface area (Å²) in [5.41, 5.74) is 2.73. The number of nitrogens with one attached hydrogen (secondary N) is 2. The van der Waals surface area contributed by atoms with Crippen LogP contribution in [0.2, 0.25) is 0 Å². The third kappa shape index (κ3) is 4.20. The van der Waals surface area contributed by atoms with Crippen LogP contribution in [0.15, 0.2) is 61.1 Å². The minimum atomic E-state index is -0.414. The number of anilines is 2. The number of methoxy groups -OCH3 is 3. The summed E-state index contributed by atoms with van der Waals surface area (Å²) in [5.74, 6) is 1.95.